The first kappa shape index (κ1) is 15.4. The zero-order chi connectivity index (χ0) is 16.7. The lowest BCUT2D eigenvalue weighted by molar-refractivity contribution is -0.118. The standard InChI is InChI=1S/C18H23N3O3/c22-17-16(14-3-1-2-4-15(14)19-17)12-5-8-20(9-6-12)13-7-10-21(11-13)18(23)24/h1-4,12-13,16H,5-11H2,(H,19,22)(H,23,24). The van der Waals surface area contributed by atoms with Crippen LogP contribution in [0.5, 0.6) is 0 Å². The molecule has 4 rings (SSSR count). The van der Waals surface area contributed by atoms with Gasteiger partial charge in [-0.1, -0.05) is 18.2 Å². The Labute approximate surface area is 141 Å². The third kappa shape index (κ3) is 2.65. The van der Waals surface area contributed by atoms with Crippen molar-refractivity contribution in [2.45, 2.75) is 31.2 Å². The van der Waals surface area contributed by atoms with Gasteiger partial charge in [0, 0.05) is 24.8 Å². The smallest absolute Gasteiger partial charge is 0.407 e. The molecule has 2 fully saturated rings. The van der Waals surface area contributed by atoms with Gasteiger partial charge in [-0.3, -0.25) is 9.69 Å². The van der Waals surface area contributed by atoms with Crippen molar-refractivity contribution in [2.24, 2.45) is 5.92 Å². The van der Waals surface area contributed by atoms with E-state index in [2.05, 4.69) is 16.3 Å². The Kier molecular flexibility index (Phi) is 3.92. The fraction of sp³-hybridized carbons (Fsp3) is 0.556. The van der Waals surface area contributed by atoms with Crippen LogP contribution < -0.4 is 5.32 Å². The fourth-order valence-electron chi connectivity index (χ4n) is 4.53. The summed E-state index contributed by atoms with van der Waals surface area (Å²) in [5.74, 6) is 0.483. The minimum Gasteiger partial charge on any atom is -0.465 e. The van der Waals surface area contributed by atoms with E-state index >= 15 is 0 Å². The highest BCUT2D eigenvalue weighted by Crippen LogP contribution is 2.41. The Balaban J connectivity index is 1.39. The summed E-state index contributed by atoms with van der Waals surface area (Å²) in [7, 11) is 0. The first-order valence-corrected chi connectivity index (χ1v) is 8.75. The highest BCUT2D eigenvalue weighted by Gasteiger charge is 2.39. The molecule has 2 atom stereocenters. The summed E-state index contributed by atoms with van der Waals surface area (Å²) in [4.78, 5) is 27.4. The highest BCUT2D eigenvalue weighted by molar-refractivity contribution is 6.03. The third-order valence-electron chi connectivity index (χ3n) is 5.83. The number of carboxylic acid groups (broad SMARTS) is 1. The van der Waals surface area contributed by atoms with E-state index in [4.69, 9.17) is 5.11 Å². The molecule has 0 radical (unpaired) electrons. The molecule has 2 N–H and O–H groups in total. The number of rotatable bonds is 2. The van der Waals surface area contributed by atoms with Gasteiger partial charge in [-0.2, -0.15) is 0 Å². The van der Waals surface area contributed by atoms with Gasteiger partial charge in [0.15, 0.2) is 0 Å². The van der Waals surface area contributed by atoms with Crippen molar-refractivity contribution in [1.29, 1.82) is 0 Å². The number of amides is 2. The second-order valence-electron chi connectivity index (χ2n) is 7.10. The van der Waals surface area contributed by atoms with E-state index in [0.717, 1.165) is 43.6 Å². The molecule has 0 saturated carbocycles. The number of hydrogen-bond donors (Lipinski definition) is 2. The number of fused-ring (bicyclic) bond motifs is 1. The van der Waals surface area contributed by atoms with Crippen LogP contribution in [0.25, 0.3) is 0 Å². The van der Waals surface area contributed by atoms with E-state index in [-0.39, 0.29) is 11.8 Å². The lowest BCUT2D eigenvalue weighted by atomic mass is 9.80. The van der Waals surface area contributed by atoms with E-state index in [1.807, 2.05) is 18.2 Å². The van der Waals surface area contributed by atoms with E-state index < -0.39 is 6.09 Å². The van der Waals surface area contributed by atoms with Crippen molar-refractivity contribution in [1.82, 2.24) is 9.80 Å². The van der Waals surface area contributed by atoms with Crippen LogP contribution in [-0.4, -0.2) is 59.1 Å². The molecule has 128 valence electrons. The summed E-state index contributed by atoms with van der Waals surface area (Å²) in [6.45, 7) is 3.16. The van der Waals surface area contributed by atoms with Gasteiger partial charge in [-0.25, -0.2) is 4.79 Å². The maximum Gasteiger partial charge on any atom is 0.407 e. The molecule has 3 aliphatic heterocycles. The van der Waals surface area contributed by atoms with Gasteiger partial charge in [-0.05, 0) is 49.9 Å². The monoisotopic (exact) mass is 329 g/mol. The average Bonchev–Trinajstić information content (AvgIpc) is 3.19. The highest BCUT2D eigenvalue weighted by atomic mass is 16.4. The number of hydrogen-bond acceptors (Lipinski definition) is 3. The molecule has 2 unspecified atom stereocenters. The van der Waals surface area contributed by atoms with E-state index in [1.165, 1.54) is 4.90 Å². The number of carbonyl (C=O) groups is 2. The Morgan fingerprint density at radius 1 is 1.12 bits per heavy atom. The molecular formula is C18H23N3O3. The summed E-state index contributed by atoms with van der Waals surface area (Å²) in [5.41, 5.74) is 2.10. The van der Waals surface area contributed by atoms with Crippen LogP contribution >= 0.6 is 0 Å². The molecule has 24 heavy (non-hydrogen) atoms. The van der Waals surface area contributed by atoms with Gasteiger partial charge in [0.25, 0.3) is 0 Å². The number of para-hydroxylation sites is 1. The van der Waals surface area contributed by atoms with Crippen LogP contribution in [0.3, 0.4) is 0 Å². The summed E-state index contributed by atoms with van der Waals surface area (Å²) in [6.07, 6.45) is 2.10. The number of benzene rings is 1. The van der Waals surface area contributed by atoms with Crippen molar-refractivity contribution in [3.05, 3.63) is 29.8 Å². The van der Waals surface area contributed by atoms with Gasteiger partial charge < -0.3 is 15.3 Å². The van der Waals surface area contributed by atoms with Gasteiger partial charge in [0.2, 0.25) is 5.91 Å². The van der Waals surface area contributed by atoms with E-state index in [9.17, 15) is 9.59 Å². The molecule has 6 nitrogen and oxygen atoms in total. The van der Waals surface area contributed by atoms with Crippen molar-refractivity contribution < 1.29 is 14.7 Å². The van der Waals surface area contributed by atoms with Crippen molar-refractivity contribution in [3.63, 3.8) is 0 Å². The molecule has 6 heteroatoms. The van der Waals surface area contributed by atoms with Crippen LogP contribution in [0.15, 0.2) is 24.3 Å². The minimum absolute atomic E-state index is 0.0255. The van der Waals surface area contributed by atoms with Crippen LogP contribution in [0, 0.1) is 5.92 Å². The second-order valence-corrected chi connectivity index (χ2v) is 7.10. The zero-order valence-electron chi connectivity index (χ0n) is 13.6. The maximum atomic E-state index is 12.4. The minimum atomic E-state index is -0.813. The van der Waals surface area contributed by atoms with Gasteiger partial charge in [-0.15, -0.1) is 0 Å². The number of piperidine rings is 1. The molecule has 1 aromatic carbocycles. The molecule has 3 heterocycles. The molecular weight excluding hydrogens is 306 g/mol. The van der Waals surface area contributed by atoms with Crippen LogP contribution in [0.1, 0.15) is 30.7 Å². The fourth-order valence-corrected chi connectivity index (χ4v) is 4.53. The number of nitrogens with zero attached hydrogens (tertiary/aromatic N) is 2. The van der Waals surface area contributed by atoms with Crippen LogP contribution in [0.4, 0.5) is 10.5 Å². The van der Waals surface area contributed by atoms with Crippen molar-refractivity contribution in [3.8, 4) is 0 Å². The number of likely N-dealkylation sites (tertiary alicyclic amines) is 2. The lowest BCUT2D eigenvalue weighted by Crippen LogP contribution is -2.44. The van der Waals surface area contributed by atoms with Crippen LogP contribution in [0.2, 0.25) is 0 Å². The molecule has 0 aliphatic carbocycles. The Morgan fingerprint density at radius 3 is 2.58 bits per heavy atom. The first-order chi connectivity index (χ1) is 11.6. The predicted molar refractivity (Wildman–Crippen MR) is 90.1 cm³/mol. The summed E-state index contributed by atoms with van der Waals surface area (Å²) < 4.78 is 0. The molecule has 2 saturated heterocycles. The number of carbonyl (C=O) groups excluding carboxylic acids is 1. The lowest BCUT2D eigenvalue weighted by Gasteiger charge is -2.37. The molecule has 0 spiro atoms. The van der Waals surface area contributed by atoms with Crippen molar-refractivity contribution in [2.75, 3.05) is 31.5 Å². The Hall–Kier alpha value is -2.08. The maximum absolute atomic E-state index is 12.4. The molecule has 0 bridgehead atoms. The average molecular weight is 329 g/mol. The SMILES string of the molecule is O=C1Nc2ccccc2C1C1CCN(C2CCN(C(=O)O)C2)CC1. The summed E-state index contributed by atoms with van der Waals surface area (Å²) >= 11 is 0. The molecule has 0 aromatic heterocycles. The zero-order valence-corrected chi connectivity index (χ0v) is 13.6. The molecule has 1 aromatic rings. The normalized spacial score (nSPS) is 28.0. The van der Waals surface area contributed by atoms with Gasteiger partial charge in [0.05, 0.1) is 5.92 Å². The largest absolute Gasteiger partial charge is 0.465 e. The predicted octanol–water partition coefficient (Wildman–Crippen LogP) is 2.19. The number of nitrogens with one attached hydrogen (secondary N) is 1. The first-order valence-electron chi connectivity index (χ1n) is 8.75. The Morgan fingerprint density at radius 2 is 1.88 bits per heavy atom. The Bertz CT molecular complexity index is 655. The second kappa shape index (κ2) is 6.09. The summed E-state index contributed by atoms with van der Waals surface area (Å²) in [5, 5.41) is 12.1. The van der Waals surface area contributed by atoms with Crippen LogP contribution in [-0.2, 0) is 4.79 Å². The molecule has 3 aliphatic rings. The van der Waals surface area contributed by atoms with E-state index in [0.29, 0.717) is 25.0 Å². The number of anilines is 1. The molecule has 2 amide bonds. The van der Waals surface area contributed by atoms with Crippen molar-refractivity contribution >= 4 is 17.7 Å². The topological polar surface area (TPSA) is 72.9 Å². The van der Waals surface area contributed by atoms with Gasteiger partial charge >= 0.3 is 6.09 Å². The third-order valence-corrected chi connectivity index (χ3v) is 5.83. The van der Waals surface area contributed by atoms with E-state index in [1.54, 1.807) is 0 Å². The van der Waals surface area contributed by atoms with Gasteiger partial charge in [0.1, 0.15) is 0 Å². The quantitative estimate of drug-likeness (QED) is 0.872. The summed E-state index contributed by atoms with van der Waals surface area (Å²) in [6, 6.07) is 8.33.